The number of hydrogen-bond acceptors (Lipinski definition) is 5. The lowest BCUT2D eigenvalue weighted by molar-refractivity contribution is 0.0953. The van der Waals surface area contributed by atoms with Gasteiger partial charge in [0.2, 0.25) is 0 Å². The van der Waals surface area contributed by atoms with E-state index in [1.165, 1.54) is 5.56 Å². The monoisotopic (exact) mass is 406 g/mol. The molecule has 0 bridgehead atoms. The van der Waals surface area contributed by atoms with Crippen molar-refractivity contribution in [2.24, 2.45) is 0 Å². The van der Waals surface area contributed by atoms with Gasteiger partial charge in [-0.05, 0) is 24.7 Å². The van der Waals surface area contributed by atoms with Gasteiger partial charge in [-0.25, -0.2) is 0 Å². The Labute approximate surface area is 169 Å². The van der Waals surface area contributed by atoms with Gasteiger partial charge in [0.05, 0.1) is 6.61 Å². The second kappa shape index (κ2) is 14.2. The molecule has 1 saturated heterocycles. The van der Waals surface area contributed by atoms with Crippen LogP contribution in [0.2, 0.25) is 0 Å². The third kappa shape index (κ3) is 9.16. The fraction of sp³-hybridized carbons (Fsp3) is 0.611. The smallest absolute Gasteiger partial charge is 0.251 e. The number of hydrogen-bond donors (Lipinski definition) is 2. The molecule has 1 aliphatic rings. The predicted molar refractivity (Wildman–Crippen MR) is 111 cm³/mol. The Bertz CT molecular complexity index is 494. The third-order valence-electron chi connectivity index (χ3n) is 4.29. The lowest BCUT2D eigenvalue weighted by Crippen LogP contribution is -2.43. The van der Waals surface area contributed by atoms with Gasteiger partial charge in [-0.2, -0.15) is 0 Å². The molecule has 0 spiro atoms. The Hall–Kier alpha value is -0.890. The van der Waals surface area contributed by atoms with Gasteiger partial charge in [-0.1, -0.05) is 12.1 Å². The molecule has 1 heterocycles. The zero-order valence-electron chi connectivity index (χ0n) is 15.7. The second-order valence-corrected chi connectivity index (χ2v) is 6.28. The molecule has 0 atom stereocenters. The van der Waals surface area contributed by atoms with E-state index in [9.17, 15) is 4.79 Å². The first-order valence-corrected chi connectivity index (χ1v) is 8.66. The third-order valence-corrected chi connectivity index (χ3v) is 4.29. The van der Waals surface area contributed by atoms with Gasteiger partial charge in [0.25, 0.3) is 5.91 Å². The van der Waals surface area contributed by atoms with E-state index in [0.717, 1.165) is 45.8 Å². The molecular weight excluding hydrogens is 375 g/mol. The SMILES string of the molecule is COCCNCCNC(=O)c1ccc(CN2CCN(C)CC2)cc1.Cl.Cl. The number of nitrogens with one attached hydrogen (secondary N) is 2. The number of methoxy groups -OCH3 is 1. The van der Waals surface area contributed by atoms with Crippen LogP contribution in [0.3, 0.4) is 0 Å². The molecule has 0 radical (unpaired) electrons. The van der Waals surface area contributed by atoms with Gasteiger partial charge in [0.15, 0.2) is 0 Å². The molecule has 1 amide bonds. The molecule has 150 valence electrons. The Balaban J connectivity index is 0.00000312. The molecule has 1 fully saturated rings. The van der Waals surface area contributed by atoms with Gasteiger partial charge < -0.3 is 20.3 Å². The summed E-state index contributed by atoms with van der Waals surface area (Å²) in [6.07, 6.45) is 0. The molecule has 1 aromatic rings. The van der Waals surface area contributed by atoms with Gasteiger partial charge in [0.1, 0.15) is 0 Å². The van der Waals surface area contributed by atoms with Crippen LogP contribution in [0.1, 0.15) is 15.9 Å². The molecule has 0 saturated carbocycles. The van der Waals surface area contributed by atoms with Crippen molar-refractivity contribution in [2.45, 2.75) is 6.54 Å². The number of rotatable bonds is 9. The van der Waals surface area contributed by atoms with Gasteiger partial charge in [-0.15, -0.1) is 24.8 Å². The zero-order chi connectivity index (χ0) is 17.2. The number of benzene rings is 1. The normalized spacial score (nSPS) is 15.0. The maximum atomic E-state index is 12.1. The van der Waals surface area contributed by atoms with Gasteiger partial charge >= 0.3 is 0 Å². The van der Waals surface area contributed by atoms with E-state index in [0.29, 0.717) is 18.7 Å². The molecule has 8 heteroatoms. The van der Waals surface area contributed by atoms with Gasteiger partial charge in [0, 0.05) is 65.0 Å². The van der Waals surface area contributed by atoms with Crippen LogP contribution >= 0.6 is 24.8 Å². The number of nitrogens with zero attached hydrogens (tertiary/aromatic N) is 2. The van der Waals surface area contributed by atoms with Crippen LogP contribution in [0.15, 0.2) is 24.3 Å². The Morgan fingerprint density at radius 2 is 1.69 bits per heavy atom. The first-order chi connectivity index (χ1) is 11.7. The van der Waals surface area contributed by atoms with Crippen LogP contribution in [-0.2, 0) is 11.3 Å². The highest BCUT2D eigenvalue weighted by Crippen LogP contribution is 2.09. The summed E-state index contributed by atoms with van der Waals surface area (Å²) in [6.45, 7) is 8.26. The molecular formula is C18H32Cl2N4O2. The summed E-state index contributed by atoms with van der Waals surface area (Å²) in [5.74, 6) is -0.0188. The fourth-order valence-electron chi connectivity index (χ4n) is 2.69. The molecule has 26 heavy (non-hydrogen) atoms. The number of likely N-dealkylation sites (N-methyl/N-ethyl adjacent to an activating group) is 1. The van der Waals surface area contributed by atoms with E-state index < -0.39 is 0 Å². The van der Waals surface area contributed by atoms with Crippen LogP contribution in [0, 0.1) is 0 Å². The van der Waals surface area contributed by atoms with Crippen molar-refractivity contribution < 1.29 is 9.53 Å². The Kier molecular flexibility index (Phi) is 13.7. The van der Waals surface area contributed by atoms with Crippen LogP contribution in [0.5, 0.6) is 0 Å². The number of carbonyl (C=O) groups excluding carboxylic acids is 1. The highest BCUT2D eigenvalue weighted by atomic mass is 35.5. The molecule has 2 N–H and O–H groups in total. The van der Waals surface area contributed by atoms with E-state index in [1.807, 2.05) is 12.1 Å². The number of amides is 1. The standard InChI is InChI=1S/C18H30N4O2.2ClH/c1-21-10-12-22(13-11-21)15-16-3-5-17(6-4-16)18(23)20-8-7-19-9-14-24-2;;/h3-6,19H,7-15H2,1-2H3,(H,20,23);2*1H. The predicted octanol–water partition coefficient (Wildman–Crippen LogP) is 1.24. The van der Waals surface area contributed by atoms with Crippen LogP contribution in [0.4, 0.5) is 0 Å². The minimum absolute atomic E-state index is 0. The largest absolute Gasteiger partial charge is 0.383 e. The zero-order valence-corrected chi connectivity index (χ0v) is 17.3. The minimum atomic E-state index is -0.0188. The first-order valence-electron chi connectivity index (χ1n) is 8.66. The average Bonchev–Trinajstić information content (AvgIpc) is 2.60. The van der Waals surface area contributed by atoms with E-state index >= 15 is 0 Å². The minimum Gasteiger partial charge on any atom is -0.383 e. The van der Waals surface area contributed by atoms with Gasteiger partial charge in [-0.3, -0.25) is 9.69 Å². The number of carbonyl (C=O) groups is 1. The quantitative estimate of drug-likeness (QED) is 0.604. The lowest BCUT2D eigenvalue weighted by Gasteiger charge is -2.32. The molecule has 1 aliphatic heterocycles. The Morgan fingerprint density at radius 3 is 2.31 bits per heavy atom. The fourth-order valence-corrected chi connectivity index (χ4v) is 2.69. The summed E-state index contributed by atoms with van der Waals surface area (Å²) in [5.41, 5.74) is 1.98. The number of piperazine rings is 1. The van der Waals surface area contributed by atoms with E-state index in [1.54, 1.807) is 7.11 Å². The van der Waals surface area contributed by atoms with Crippen molar-refractivity contribution >= 4 is 30.7 Å². The topological polar surface area (TPSA) is 56.8 Å². The maximum Gasteiger partial charge on any atom is 0.251 e. The van der Waals surface area contributed by atoms with Crippen LogP contribution in [-0.4, -0.2) is 82.3 Å². The van der Waals surface area contributed by atoms with Crippen LogP contribution in [0.25, 0.3) is 0 Å². The first kappa shape index (κ1) is 25.1. The summed E-state index contributed by atoms with van der Waals surface area (Å²) in [7, 11) is 3.84. The van der Waals surface area contributed by atoms with Crippen molar-refractivity contribution in [3.05, 3.63) is 35.4 Å². The maximum absolute atomic E-state index is 12.1. The summed E-state index contributed by atoms with van der Waals surface area (Å²) in [6, 6.07) is 7.95. The van der Waals surface area contributed by atoms with E-state index in [4.69, 9.17) is 4.74 Å². The van der Waals surface area contributed by atoms with E-state index in [-0.39, 0.29) is 30.7 Å². The van der Waals surface area contributed by atoms with Crippen molar-refractivity contribution in [1.29, 1.82) is 0 Å². The Morgan fingerprint density at radius 1 is 1.04 bits per heavy atom. The molecule has 0 aromatic heterocycles. The van der Waals surface area contributed by atoms with Crippen molar-refractivity contribution in [2.75, 3.05) is 66.6 Å². The average molecular weight is 407 g/mol. The lowest BCUT2D eigenvalue weighted by atomic mass is 10.1. The molecule has 1 aromatic carbocycles. The van der Waals surface area contributed by atoms with Crippen molar-refractivity contribution in [1.82, 2.24) is 20.4 Å². The molecule has 2 rings (SSSR count). The van der Waals surface area contributed by atoms with Crippen LogP contribution < -0.4 is 10.6 Å². The highest BCUT2D eigenvalue weighted by Gasteiger charge is 2.14. The second-order valence-electron chi connectivity index (χ2n) is 6.28. The highest BCUT2D eigenvalue weighted by molar-refractivity contribution is 5.94. The van der Waals surface area contributed by atoms with Crippen molar-refractivity contribution in [3.63, 3.8) is 0 Å². The number of ether oxygens (including phenoxy) is 1. The molecule has 0 unspecified atom stereocenters. The molecule has 6 nitrogen and oxygen atoms in total. The van der Waals surface area contributed by atoms with E-state index in [2.05, 4.69) is 39.6 Å². The summed E-state index contributed by atoms with van der Waals surface area (Å²) in [4.78, 5) is 16.9. The summed E-state index contributed by atoms with van der Waals surface area (Å²) in [5, 5.41) is 6.13. The number of halogens is 2. The van der Waals surface area contributed by atoms with Crippen molar-refractivity contribution in [3.8, 4) is 0 Å². The summed E-state index contributed by atoms with van der Waals surface area (Å²) < 4.78 is 4.95. The summed E-state index contributed by atoms with van der Waals surface area (Å²) >= 11 is 0. The molecule has 0 aliphatic carbocycles.